The zero-order valence-corrected chi connectivity index (χ0v) is 12.5. The van der Waals surface area contributed by atoms with Crippen molar-refractivity contribution in [1.29, 1.82) is 0 Å². The minimum absolute atomic E-state index is 0.0139. The molecule has 0 saturated carbocycles. The fraction of sp³-hybridized carbons (Fsp3) is 0.471. The lowest BCUT2D eigenvalue weighted by Gasteiger charge is -2.09. The smallest absolute Gasteiger partial charge is 0.251 e. The standard InChI is InChI=1S/C17H22N2O2/c1-2-19-9-6-14-11-15(3-4-16(14)19)17(20)18-8-5-13-7-10-21-12-13/h3-4,6,9,11,13H,2,5,7-8,10,12H2,1H3,(H,18,20)/t13-/m0/s1. The highest BCUT2D eigenvalue weighted by Gasteiger charge is 2.15. The molecule has 1 aromatic carbocycles. The SMILES string of the molecule is CCn1ccc2cc(C(=O)NCC[C@H]3CCOC3)ccc21. The lowest BCUT2D eigenvalue weighted by molar-refractivity contribution is 0.0950. The Morgan fingerprint density at radius 2 is 2.33 bits per heavy atom. The van der Waals surface area contributed by atoms with Crippen LogP contribution >= 0.6 is 0 Å². The van der Waals surface area contributed by atoms with Crippen LogP contribution in [0.2, 0.25) is 0 Å². The first-order valence-corrected chi connectivity index (χ1v) is 7.72. The van der Waals surface area contributed by atoms with Crippen LogP contribution in [-0.4, -0.2) is 30.2 Å². The van der Waals surface area contributed by atoms with E-state index in [4.69, 9.17) is 4.74 Å². The number of hydrogen-bond acceptors (Lipinski definition) is 2. The van der Waals surface area contributed by atoms with Crippen LogP contribution in [0.25, 0.3) is 10.9 Å². The maximum atomic E-state index is 12.2. The summed E-state index contributed by atoms with van der Waals surface area (Å²) < 4.78 is 7.52. The lowest BCUT2D eigenvalue weighted by Crippen LogP contribution is -2.26. The van der Waals surface area contributed by atoms with Crippen molar-refractivity contribution in [3.8, 4) is 0 Å². The summed E-state index contributed by atoms with van der Waals surface area (Å²) in [5.41, 5.74) is 1.91. The minimum Gasteiger partial charge on any atom is -0.381 e. The van der Waals surface area contributed by atoms with E-state index in [-0.39, 0.29) is 5.91 Å². The van der Waals surface area contributed by atoms with Gasteiger partial charge in [-0.05, 0) is 49.9 Å². The van der Waals surface area contributed by atoms with Gasteiger partial charge in [0.2, 0.25) is 0 Å². The van der Waals surface area contributed by atoms with Gasteiger partial charge in [-0.3, -0.25) is 4.79 Å². The summed E-state index contributed by atoms with van der Waals surface area (Å²) in [6.07, 6.45) is 4.18. The molecule has 1 aliphatic heterocycles. The second kappa shape index (κ2) is 6.31. The van der Waals surface area contributed by atoms with Gasteiger partial charge in [0, 0.05) is 49.0 Å². The molecule has 1 fully saturated rings. The van der Waals surface area contributed by atoms with Crippen LogP contribution in [0.5, 0.6) is 0 Å². The normalized spacial score (nSPS) is 18.2. The molecule has 1 aromatic heterocycles. The first-order valence-electron chi connectivity index (χ1n) is 7.72. The molecule has 3 rings (SSSR count). The molecule has 0 bridgehead atoms. The van der Waals surface area contributed by atoms with Gasteiger partial charge in [-0.2, -0.15) is 0 Å². The van der Waals surface area contributed by atoms with E-state index in [1.54, 1.807) is 0 Å². The number of aryl methyl sites for hydroxylation is 1. The second-order valence-electron chi connectivity index (χ2n) is 5.65. The summed E-state index contributed by atoms with van der Waals surface area (Å²) in [5.74, 6) is 0.617. The Morgan fingerprint density at radius 3 is 3.10 bits per heavy atom. The third-order valence-corrected chi connectivity index (χ3v) is 4.24. The van der Waals surface area contributed by atoms with Gasteiger partial charge in [0.05, 0.1) is 0 Å². The largest absolute Gasteiger partial charge is 0.381 e. The van der Waals surface area contributed by atoms with Crippen LogP contribution in [-0.2, 0) is 11.3 Å². The van der Waals surface area contributed by atoms with Crippen molar-refractivity contribution < 1.29 is 9.53 Å². The zero-order valence-electron chi connectivity index (χ0n) is 12.5. The molecule has 0 aliphatic carbocycles. The van der Waals surface area contributed by atoms with Crippen molar-refractivity contribution in [2.75, 3.05) is 19.8 Å². The van der Waals surface area contributed by atoms with E-state index in [9.17, 15) is 4.79 Å². The fourth-order valence-electron chi connectivity index (χ4n) is 2.92. The van der Waals surface area contributed by atoms with E-state index >= 15 is 0 Å². The highest BCUT2D eigenvalue weighted by Crippen LogP contribution is 2.18. The van der Waals surface area contributed by atoms with Gasteiger partial charge in [0.15, 0.2) is 0 Å². The number of hydrogen-bond donors (Lipinski definition) is 1. The molecule has 1 atom stereocenters. The number of fused-ring (bicyclic) bond motifs is 1. The average Bonchev–Trinajstić information content (AvgIpc) is 3.15. The van der Waals surface area contributed by atoms with Gasteiger partial charge >= 0.3 is 0 Å². The van der Waals surface area contributed by atoms with Crippen molar-refractivity contribution in [3.05, 3.63) is 36.0 Å². The molecule has 2 heterocycles. The second-order valence-corrected chi connectivity index (χ2v) is 5.65. The van der Waals surface area contributed by atoms with E-state index in [0.29, 0.717) is 5.92 Å². The van der Waals surface area contributed by atoms with Crippen molar-refractivity contribution in [1.82, 2.24) is 9.88 Å². The Balaban J connectivity index is 1.61. The number of rotatable bonds is 5. The predicted octanol–water partition coefficient (Wildman–Crippen LogP) is 2.82. The molecule has 0 unspecified atom stereocenters. The summed E-state index contributed by atoms with van der Waals surface area (Å²) in [4.78, 5) is 12.2. The lowest BCUT2D eigenvalue weighted by atomic mass is 10.1. The molecular formula is C17H22N2O2. The molecule has 4 heteroatoms. The maximum Gasteiger partial charge on any atom is 0.251 e. The number of aromatic nitrogens is 1. The minimum atomic E-state index is 0.0139. The molecule has 2 aromatic rings. The van der Waals surface area contributed by atoms with E-state index in [1.165, 1.54) is 5.52 Å². The highest BCUT2D eigenvalue weighted by molar-refractivity contribution is 5.98. The van der Waals surface area contributed by atoms with Gasteiger partial charge in [-0.25, -0.2) is 0 Å². The van der Waals surface area contributed by atoms with E-state index in [1.807, 2.05) is 18.2 Å². The predicted molar refractivity (Wildman–Crippen MR) is 83.5 cm³/mol. The van der Waals surface area contributed by atoms with Crippen molar-refractivity contribution >= 4 is 16.8 Å². The van der Waals surface area contributed by atoms with Crippen LogP contribution in [0.1, 0.15) is 30.1 Å². The van der Waals surface area contributed by atoms with Crippen molar-refractivity contribution in [2.24, 2.45) is 5.92 Å². The summed E-state index contributed by atoms with van der Waals surface area (Å²) >= 11 is 0. The van der Waals surface area contributed by atoms with Crippen LogP contribution in [0.15, 0.2) is 30.5 Å². The molecule has 0 radical (unpaired) electrons. The molecular weight excluding hydrogens is 264 g/mol. The van der Waals surface area contributed by atoms with Crippen LogP contribution in [0.3, 0.4) is 0 Å². The number of benzene rings is 1. The number of nitrogens with one attached hydrogen (secondary N) is 1. The van der Waals surface area contributed by atoms with Gasteiger partial charge in [-0.15, -0.1) is 0 Å². The maximum absolute atomic E-state index is 12.2. The van der Waals surface area contributed by atoms with E-state index < -0.39 is 0 Å². The molecule has 1 aliphatic rings. The first kappa shape index (κ1) is 14.1. The topological polar surface area (TPSA) is 43.3 Å². The molecule has 1 N–H and O–H groups in total. The Bertz CT molecular complexity index is 627. The average molecular weight is 286 g/mol. The molecule has 112 valence electrons. The van der Waals surface area contributed by atoms with Gasteiger partial charge in [0.1, 0.15) is 0 Å². The van der Waals surface area contributed by atoms with Crippen LogP contribution in [0.4, 0.5) is 0 Å². The van der Waals surface area contributed by atoms with Crippen LogP contribution in [0, 0.1) is 5.92 Å². The van der Waals surface area contributed by atoms with E-state index in [2.05, 4.69) is 29.1 Å². The quantitative estimate of drug-likeness (QED) is 0.918. The molecule has 21 heavy (non-hydrogen) atoms. The fourth-order valence-corrected chi connectivity index (χ4v) is 2.92. The van der Waals surface area contributed by atoms with Gasteiger partial charge in [-0.1, -0.05) is 0 Å². The third kappa shape index (κ3) is 3.10. The Labute approximate surface area is 125 Å². The number of nitrogens with zero attached hydrogens (tertiary/aromatic N) is 1. The number of carbonyl (C=O) groups excluding carboxylic acids is 1. The summed E-state index contributed by atoms with van der Waals surface area (Å²) in [6, 6.07) is 7.96. The zero-order chi connectivity index (χ0) is 14.7. The Kier molecular flexibility index (Phi) is 4.25. The number of ether oxygens (including phenoxy) is 1. The highest BCUT2D eigenvalue weighted by atomic mass is 16.5. The molecule has 0 spiro atoms. The molecule has 4 nitrogen and oxygen atoms in total. The van der Waals surface area contributed by atoms with Crippen molar-refractivity contribution in [2.45, 2.75) is 26.3 Å². The van der Waals surface area contributed by atoms with E-state index in [0.717, 1.165) is 50.1 Å². The van der Waals surface area contributed by atoms with Gasteiger partial charge < -0.3 is 14.6 Å². The first-order chi connectivity index (χ1) is 10.3. The number of carbonyl (C=O) groups is 1. The van der Waals surface area contributed by atoms with Crippen LogP contribution < -0.4 is 5.32 Å². The van der Waals surface area contributed by atoms with Crippen molar-refractivity contribution in [3.63, 3.8) is 0 Å². The number of amides is 1. The summed E-state index contributed by atoms with van der Waals surface area (Å²) in [7, 11) is 0. The summed E-state index contributed by atoms with van der Waals surface area (Å²) in [5, 5.41) is 4.13. The summed E-state index contributed by atoms with van der Waals surface area (Å²) in [6.45, 7) is 5.49. The third-order valence-electron chi connectivity index (χ3n) is 4.24. The molecule has 1 saturated heterocycles. The monoisotopic (exact) mass is 286 g/mol. The molecule has 1 amide bonds. The van der Waals surface area contributed by atoms with Gasteiger partial charge in [0.25, 0.3) is 5.91 Å². The Hall–Kier alpha value is -1.81. The Morgan fingerprint density at radius 1 is 1.43 bits per heavy atom.